The average Bonchev–Trinajstić information content (AvgIpc) is 2.20. The monoisotopic (exact) mass is 250 g/mol. The molecule has 0 aliphatic rings. The van der Waals surface area contributed by atoms with E-state index in [1.165, 1.54) is 6.07 Å². The molecule has 0 fully saturated rings. The maximum Gasteiger partial charge on any atom is 0.389 e. The first-order valence-electron chi connectivity index (χ1n) is 5.31. The maximum atomic E-state index is 13.5. The maximum absolute atomic E-state index is 13.5. The molecule has 0 amide bonds. The smallest absolute Gasteiger partial charge is 0.388 e. The molecule has 0 spiro atoms. The summed E-state index contributed by atoms with van der Waals surface area (Å²) in [4.78, 5) is 0. The normalized spacial score (nSPS) is 13.8. The summed E-state index contributed by atoms with van der Waals surface area (Å²) in [5.74, 6) is -0.549. The molecule has 5 heteroatoms. The molecule has 1 aromatic rings. The van der Waals surface area contributed by atoms with Crippen LogP contribution in [0, 0.1) is 12.7 Å². The summed E-state index contributed by atoms with van der Waals surface area (Å²) in [6, 6.07) is 4.50. The van der Waals surface area contributed by atoms with Gasteiger partial charge in [0.15, 0.2) is 0 Å². The van der Waals surface area contributed by atoms with Gasteiger partial charge in [-0.1, -0.05) is 18.2 Å². The molecule has 0 aliphatic carbocycles. The standard InChI is InChI=1S/C12H14F4O/c1-8-4-2-5-9(11(8)13)10(17)6-3-7-12(14,15)16/h2,4-5,10,17H,3,6-7H2,1H3. The first-order valence-corrected chi connectivity index (χ1v) is 5.31. The second-order valence-electron chi connectivity index (χ2n) is 4.00. The van der Waals surface area contributed by atoms with Gasteiger partial charge in [-0.15, -0.1) is 0 Å². The lowest BCUT2D eigenvalue weighted by Crippen LogP contribution is -2.08. The van der Waals surface area contributed by atoms with Gasteiger partial charge in [-0.3, -0.25) is 0 Å². The minimum Gasteiger partial charge on any atom is -0.388 e. The molecule has 1 nitrogen and oxygen atoms in total. The third-order valence-electron chi connectivity index (χ3n) is 2.52. The minimum absolute atomic E-state index is 0.0622. The fourth-order valence-corrected chi connectivity index (χ4v) is 1.58. The van der Waals surface area contributed by atoms with Crippen LogP contribution in [0.15, 0.2) is 18.2 Å². The SMILES string of the molecule is Cc1cccc(C(O)CCCC(F)(F)F)c1F. The van der Waals surface area contributed by atoms with Crippen molar-refractivity contribution in [1.82, 2.24) is 0 Å². The Morgan fingerprint density at radius 3 is 2.53 bits per heavy atom. The number of hydrogen-bond donors (Lipinski definition) is 1. The van der Waals surface area contributed by atoms with Crippen molar-refractivity contribution in [3.63, 3.8) is 0 Å². The summed E-state index contributed by atoms with van der Waals surface area (Å²) in [5, 5.41) is 9.62. The highest BCUT2D eigenvalue weighted by Gasteiger charge is 2.27. The third-order valence-corrected chi connectivity index (χ3v) is 2.52. The summed E-state index contributed by atoms with van der Waals surface area (Å²) in [7, 11) is 0. The van der Waals surface area contributed by atoms with Gasteiger partial charge in [-0.25, -0.2) is 4.39 Å². The Bertz CT molecular complexity index is 373. The molecule has 17 heavy (non-hydrogen) atoms. The summed E-state index contributed by atoms with van der Waals surface area (Å²) >= 11 is 0. The van der Waals surface area contributed by atoms with Gasteiger partial charge in [0.2, 0.25) is 0 Å². The Hall–Kier alpha value is -1.10. The molecule has 0 radical (unpaired) electrons. The van der Waals surface area contributed by atoms with Crippen molar-refractivity contribution in [2.24, 2.45) is 0 Å². The number of benzene rings is 1. The highest BCUT2D eigenvalue weighted by Crippen LogP contribution is 2.27. The second-order valence-corrected chi connectivity index (χ2v) is 4.00. The van der Waals surface area contributed by atoms with E-state index in [9.17, 15) is 22.7 Å². The minimum atomic E-state index is -4.23. The molecule has 1 aromatic carbocycles. The molecule has 0 saturated heterocycles. The van der Waals surface area contributed by atoms with Crippen LogP contribution in [0.25, 0.3) is 0 Å². The lowest BCUT2D eigenvalue weighted by molar-refractivity contribution is -0.136. The topological polar surface area (TPSA) is 20.2 Å². The van der Waals surface area contributed by atoms with E-state index in [0.717, 1.165) is 0 Å². The van der Waals surface area contributed by atoms with Crippen molar-refractivity contribution in [2.75, 3.05) is 0 Å². The van der Waals surface area contributed by atoms with Crippen molar-refractivity contribution >= 4 is 0 Å². The van der Waals surface area contributed by atoms with Crippen molar-refractivity contribution in [1.29, 1.82) is 0 Å². The summed E-state index contributed by atoms with van der Waals surface area (Å²) in [6.07, 6.45) is -6.68. The predicted molar refractivity (Wildman–Crippen MR) is 56.0 cm³/mol. The van der Waals surface area contributed by atoms with E-state index >= 15 is 0 Å². The van der Waals surface area contributed by atoms with E-state index < -0.39 is 24.5 Å². The van der Waals surface area contributed by atoms with Crippen LogP contribution in [0.1, 0.15) is 36.5 Å². The van der Waals surface area contributed by atoms with Crippen LogP contribution >= 0.6 is 0 Å². The summed E-state index contributed by atoms with van der Waals surface area (Å²) < 4.78 is 49.2. The molecular weight excluding hydrogens is 236 g/mol. The van der Waals surface area contributed by atoms with E-state index in [4.69, 9.17) is 0 Å². The van der Waals surface area contributed by atoms with Crippen LogP contribution in [0.2, 0.25) is 0 Å². The lowest BCUT2D eigenvalue weighted by atomic mass is 10.0. The Morgan fingerprint density at radius 1 is 1.29 bits per heavy atom. The zero-order valence-corrected chi connectivity index (χ0v) is 9.39. The fourth-order valence-electron chi connectivity index (χ4n) is 1.58. The molecule has 1 unspecified atom stereocenters. The summed E-state index contributed by atoms with van der Waals surface area (Å²) in [6.45, 7) is 1.54. The van der Waals surface area contributed by atoms with E-state index in [0.29, 0.717) is 5.56 Å². The number of aliphatic hydroxyl groups excluding tert-OH is 1. The van der Waals surface area contributed by atoms with Crippen LogP contribution in [-0.4, -0.2) is 11.3 Å². The molecule has 0 saturated carbocycles. The Kier molecular flexibility index (Phi) is 4.51. The van der Waals surface area contributed by atoms with Gasteiger partial charge in [0, 0.05) is 12.0 Å². The lowest BCUT2D eigenvalue weighted by Gasteiger charge is -2.13. The number of halogens is 4. The van der Waals surface area contributed by atoms with E-state index in [-0.39, 0.29) is 18.4 Å². The van der Waals surface area contributed by atoms with Gasteiger partial charge < -0.3 is 5.11 Å². The van der Waals surface area contributed by atoms with Crippen LogP contribution in [0.4, 0.5) is 17.6 Å². The van der Waals surface area contributed by atoms with Crippen LogP contribution < -0.4 is 0 Å². The third kappa shape index (κ3) is 4.34. The van der Waals surface area contributed by atoms with Gasteiger partial charge in [0.25, 0.3) is 0 Å². The molecule has 0 bridgehead atoms. The zero-order chi connectivity index (χ0) is 13.1. The largest absolute Gasteiger partial charge is 0.389 e. The van der Waals surface area contributed by atoms with Gasteiger partial charge >= 0.3 is 6.18 Å². The Balaban J connectivity index is 2.58. The molecule has 96 valence electrons. The van der Waals surface area contributed by atoms with Gasteiger partial charge in [0.1, 0.15) is 5.82 Å². The van der Waals surface area contributed by atoms with Gasteiger partial charge in [-0.05, 0) is 25.3 Å². The molecule has 1 atom stereocenters. The quantitative estimate of drug-likeness (QED) is 0.803. The molecule has 1 N–H and O–H groups in total. The Labute approximate surface area is 97.1 Å². The van der Waals surface area contributed by atoms with Gasteiger partial charge in [0.05, 0.1) is 6.10 Å². The zero-order valence-electron chi connectivity index (χ0n) is 9.39. The molecular formula is C12H14F4O. The van der Waals surface area contributed by atoms with E-state index in [2.05, 4.69) is 0 Å². The number of aryl methyl sites for hydroxylation is 1. The van der Waals surface area contributed by atoms with E-state index in [1.54, 1.807) is 19.1 Å². The second kappa shape index (κ2) is 5.49. The molecule has 0 aromatic heterocycles. The fraction of sp³-hybridized carbons (Fsp3) is 0.500. The van der Waals surface area contributed by atoms with Crippen molar-refractivity contribution in [2.45, 2.75) is 38.5 Å². The highest BCUT2D eigenvalue weighted by atomic mass is 19.4. The first kappa shape index (κ1) is 14.0. The van der Waals surface area contributed by atoms with Gasteiger partial charge in [-0.2, -0.15) is 13.2 Å². The number of aliphatic hydroxyl groups is 1. The number of alkyl halides is 3. The van der Waals surface area contributed by atoms with Crippen LogP contribution in [-0.2, 0) is 0 Å². The molecule has 1 rings (SSSR count). The van der Waals surface area contributed by atoms with Crippen LogP contribution in [0.5, 0.6) is 0 Å². The predicted octanol–water partition coefficient (Wildman–Crippen LogP) is 3.90. The summed E-state index contributed by atoms with van der Waals surface area (Å²) in [5.41, 5.74) is 0.435. The average molecular weight is 250 g/mol. The number of hydrogen-bond acceptors (Lipinski definition) is 1. The van der Waals surface area contributed by atoms with Crippen LogP contribution in [0.3, 0.4) is 0 Å². The molecule has 0 heterocycles. The number of rotatable bonds is 4. The first-order chi connectivity index (χ1) is 7.81. The van der Waals surface area contributed by atoms with Crippen molar-refractivity contribution < 1.29 is 22.7 Å². The molecule has 0 aliphatic heterocycles. The van der Waals surface area contributed by atoms with Crippen molar-refractivity contribution in [3.05, 3.63) is 35.1 Å². The van der Waals surface area contributed by atoms with Crippen molar-refractivity contribution in [3.8, 4) is 0 Å². The highest BCUT2D eigenvalue weighted by molar-refractivity contribution is 5.26. The Morgan fingerprint density at radius 2 is 1.94 bits per heavy atom. The van der Waals surface area contributed by atoms with E-state index in [1.807, 2.05) is 0 Å².